The molecule has 12 heavy (non-hydrogen) atoms. The van der Waals surface area contributed by atoms with Gasteiger partial charge >= 0.3 is 0 Å². The molecule has 0 spiro atoms. The Kier molecular flexibility index (Phi) is 5.42. The zero-order valence-electron chi connectivity index (χ0n) is 6.65. The van der Waals surface area contributed by atoms with Crippen LogP contribution in [-0.4, -0.2) is 18.5 Å². The quantitative estimate of drug-likeness (QED) is 0.834. The molecule has 0 aliphatic carbocycles. The van der Waals surface area contributed by atoms with Gasteiger partial charge in [-0.15, -0.1) is 0 Å². The summed E-state index contributed by atoms with van der Waals surface area (Å²) < 4.78 is 4.78. The molecule has 0 saturated heterocycles. The minimum atomic E-state index is -0.0166. The van der Waals surface area contributed by atoms with E-state index in [4.69, 9.17) is 9.84 Å². The molecular formula is C8H8O3Pr. The summed E-state index contributed by atoms with van der Waals surface area (Å²) in [5.74, 6) is 0.354. The molecular weight excluding hydrogens is 285 g/mol. The second kappa shape index (κ2) is 5.49. The Morgan fingerprint density at radius 3 is 2.58 bits per heavy atom. The molecule has 61 valence electrons. The molecule has 4 heteroatoms. The molecule has 1 aromatic carbocycles. The molecule has 1 rings (SSSR count). The second-order valence-corrected chi connectivity index (χ2v) is 2.05. The molecule has 0 unspecified atom stereocenters. The molecule has 0 aliphatic heterocycles. The van der Waals surface area contributed by atoms with Crippen molar-refractivity contribution in [3.05, 3.63) is 23.8 Å². The molecule has 0 saturated carbocycles. The molecule has 1 aromatic rings. The van der Waals surface area contributed by atoms with E-state index in [1.165, 1.54) is 13.2 Å². The van der Waals surface area contributed by atoms with Gasteiger partial charge in [0.25, 0.3) is 0 Å². The van der Waals surface area contributed by atoms with E-state index in [-0.39, 0.29) is 47.0 Å². The van der Waals surface area contributed by atoms with E-state index in [9.17, 15) is 4.79 Å². The first kappa shape index (κ1) is 11.9. The summed E-state index contributed by atoms with van der Waals surface area (Å²) in [5.41, 5.74) is 0.434. The molecule has 0 amide bonds. The topological polar surface area (TPSA) is 46.5 Å². The van der Waals surface area contributed by atoms with Gasteiger partial charge in [0.05, 0.1) is 7.11 Å². The van der Waals surface area contributed by atoms with Crippen molar-refractivity contribution in [1.82, 2.24) is 0 Å². The van der Waals surface area contributed by atoms with Crippen LogP contribution in [0.25, 0.3) is 0 Å². The van der Waals surface area contributed by atoms with Gasteiger partial charge in [-0.2, -0.15) is 0 Å². The molecule has 3 nitrogen and oxygen atoms in total. The smallest absolute Gasteiger partial charge is 0.160 e. The van der Waals surface area contributed by atoms with Crippen molar-refractivity contribution in [3.63, 3.8) is 0 Å². The summed E-state index contributed by atoms with van der Waals surface area (Å²) in [4.78, 5) is 10.2. The van der Waals surface area contributed by atoms with Crippen LogP contribution < -0.4 is 4.74 Å². The predicted molar refractivity (Wildman–Crippen MR) is 40.0 cm³/mol. The van der Waals surface area contributed by atoms with Gasteiger partial charge in [0.1, 0.15) is 6.29 Å². The number of carbonyl (C=O) groups is 1. The van der Waals surface area contributed by atoms with Gasteiger partial charge in [-0.1, -0.05) is 0 Å². The van der Waals surface area contributed by atoms with Crippen LogP contribution in [0.3, 0.4) is 0 Å². The van der Waals surface area contributed by atoms with E-state index in [1.54, 1.807) is 12.1 Å². The summed E-state index contributed by atoms with van der Waals surface area (Å²) in [6.45, 7) is 0. The fraction of sp³-hybridized carbons (Fsp3) is 0.125. The molecule has 1 radical (unpaired) electrons. The molecule has 0 aliphatic rings. The molecule has 0 aromatic heterocycles. The Morgan fingerprint density at radius 2 is 2.17 bits per heavy atom. The van der Waals surface area contributed by atoms with Crippen molar-refractivity contribution in [3.8, 4) is 11.5 Å². The van der Waals surface area contributed by atoms with E-state index >= 15 is 0 Å². The standard InChI is InChI=1S/C8H8O3.Pr/c1-11-8-3-2-6(5-9)4-7(8)10;/h2-5,10H,1H3;. The van der Waals surface area contributed by atoms with Crippen molar-refractivity contribution in [1.29, 1.82) is 0 Å². The van der Waals surface area contributed by atoms with Crippen molar-refractivity contribution in [2.75, 3.05) is 7.11 Å². The van der Waals surface area contributed by atoms with Crippen LogP contribution in [0.2, 0.25) is 0 Å². The van der Waals surface area contributed by atoms with Crippen molar-refractivity contribution in [2.45, 2.75) is 0 Å². The number of phenols is 1. The van der Waals surface area contributed by atoms with Crippen LogP contribution in [0, 0.1) is 41.3 Å². The van der Waals surface area contributed by atoms with Gasteiger partial charge in [0, 0.05) is 46.9 Å². The maximum atomic E-state index is 10.2. The minimum Gasteiger partial charge on any atom is -0.504 e. The number of aromatic hydroxyl groups is 1. The first-order valence-corrected chi connectivity index (χ1v) is 3.10. The molecule has 1 N–H and O–H groups in total. The Labute approximate surface area is 104 Å². The fourth-order valence-electron chi connectivity index (χ4n) is 0.780. The summed E-state index contributed by atoms with van der Waals surface area (Å²) in [5, 5.41) is 9.14. The SMILES string of the molecule is COc1ccc(C=O)cc1O.[Pr]. The van der Waals surface area contributed by atoms with Crippen molar-refractivity contribution >= 4 is 6.29 Å². The summed E-state index contributed by atoms with van der Waals surface area (Å²) in [7, 11) is 1.45. The second-order valence-electron chi connectivity index (χ2n) is 2.05. The zero-order valence-corrected chi connectivity index (χ0v) is 10.4. The van der Waals surface area contributed by atoms with E-state index in [2.05, 4.69) is 0 Å². The Balaban J connectivity index is 0.00000121. The first-order valence-electron chi connectivity index (χ1n) is 3.10. The van der Waals surface area contributed by atoms with Crippen LogP contribution >= 0.6 is 0 Å². The molecule has 0 atom stereocenters. The minimum absolute atomic E-state index is 0. The predicted octanol–water partition coefficient (Wildman–Crippen LogP) is 1.21. The molecule has 0 bridgehead atoms. The van der Waals surface area contributed by atoms with Crippen LogP contribution in [-0.2, 0) is 0 Å². The third-order valence-corrected chi connectivity index (χ3v) is 1.34. The first-order chi connectivity index (χ1) is 5.27. The Hall–Kier alpha value is -0.146. The van der Waals surface area contributed by atoms with Gasteiger partial charge in [-0.25, -0.2) is 0 Å². The number of methoxy groups -OCH3 is 1. The number of hydrogen-bond acceptors (Lipinski definition) is 3. The number of hydrogen-bond donors (Lipinski definition) is 1. The van der Waals surface area contributed by atoms with Gasteiger partial charge in [0.2, 0.25) is 0 Å². The number of carbonyl (C=O) groups excluding carboxylic acids is 1. The van der Waals surface area contributed by atoms with E-state index in [0.29, 0.717) is 17.6 Å². The van der Waals surface area contributed by atoms with E-state index < -0.39 is 0 Å². The Bertz CT molecular complexity index is 273. The fourth-order valence-corrected chi connectivity index (χ4v) is 0.780. The van der Waals surface area contributed by atoms with Crippen LogP contribution in [0.15, 0.2) is 18.2 Å². The van der Waals surface area contributed by atoms with E-state index in [0.717, 1.165) is 0 Å². The third-order valence-electron chi connectivity index (χ3n) is 1.34. The number of aldehydes is 1. The van der Waals surface area contributed by atoms with Gasteiger partial charge < -0.3 is 9.84 Å². The van der Waals surface area contributed by atoms with Gasteiger partial charge in [-0.05, 0) is 18.2 Å². The summed E-state index contributed by atoms with van der Waals surface area (Å²) >= 11 is 0. The van der Waals surface area contributed by atoms with Gasteiger partial charge in [0.15, 0.2) is 11.5 Å². The molecule has 0 fully saturated rings. The average molecular weight is 293 g/mol. The molecule has 0 heterocycles. The summed E-state index contributed by atoms with van der Waals surface area (Å²) in [6.07, 6.45) is 0.666. The number of benzene rings is 1. The van der Waals surface area contributed by atoms with Crippen LogP contribution in [0.1, 0.15) is 10.4 Å². The van der Waals surface area contributed by atoms with E-state index in [1.807, 2.05) is 0 Å². The van der Waals surface area contributed by atoms with Gasteiger partial charge in [-0.3, -0.25) is 4.79 Å². The maximum Gasteiger partial charge on any atom is 0.160 e. The van der Waals surface area contributed by atoms with Crippen LogP contribution in [0.5, 0.6) is 11.5 Å². The third kappa shape index (κ3) is 2.72. The summed E-state index contributed by atoms with van der Waals surface area (Å²) in [6, 6.07) is 4.47. The maximum absolute atomic E-state index is 10.2. The zero-order chi connectivity index (χ0) is 8.27. The number of rotatable bonds is 2. The average Bonchev–Trinajstić information content (AvgIpc) is 2.04. The number of phenolic OH excluding ortho intramolecular Hbond substituents is 1. The largest absolute Gasteiger partial charge is 0.504 e. The number of ether oxygens (including phenoxy) is 1. The monoisotopic (exact) mass is 293 g/mol. The Morgan fingerprint density at radius 1 is 1.50 bits per heavy atom. The van der Waals surface area contributed by atoms with Crippen molar-refractivity contribution < 1.29 is 55.9 Å². The normalized spacial score (nSPS) is 8.42. The van der Waals surface area contributed by atoms with Crippen LogP contribution in [0.4, 0.5) is 0 Å². The van der Waals surface area contributed by atoms with Crippen molar-refractivity contribution in [2.24, 2.45) is 0 Å².